The number of thiazole rings is 1. The molecule has 0 saturated carbocycles. The second-order valence-corrected chi connectivity index (χ2v) is 5.87. The number of amides is 1. The Morgan fingerprint density at radius 2 is 1.85 bits per heavy atom. The first kappa shape index (κ1) is 16.8. The van der Waals surface area contributed by atoms with Gasteiger partial charge in [-0.15, -0.1) is 11.3 Å². The maximum atomic E-state index is 11.6. The topological polar surface area (TPSA) is 59.1 Å². The number of Topliss-reactive ketones (excluding diaryl/α,β-unsaturated/α-hetero) is 1. The Kier molecular flexibility index (Phi) is 8.87. The lowest BCUT2D eigenvalue weighted by Gasteiger charge is -2.02. The van der Waals surface area contributed by atoms with Gasteiger partial charge < -0.3 is 5.32 Å². The number of hydrogen-bond acceptors (Lipinski definition) is 4. The molecule has 112 valence electrons. The summed E-state index contributed by atoms with van der Waals surface area (Å²) in [6, 6.07) is 0. The molecule has 20 heavy (non-hydrogen) atoms. The first-order chi connectivity index (χ1) is 9.72. The molecule has 0 saturated heterocycles. The smallest absolute Gasteiger partial charge is 0.233 e. The molecule has 0 fully saturated rings. The molecule has 0 aliphatic heterocycles. The Morgan fingerprint density at radius 3 is 2.50 bits per heavy atom. The molecular weight excluding hydrogens is 272 g/mol. The number of hydrogen-bond donors (Lipinski definition) is 1. The van der Waals surface area contributed by atoms with E-state index in [4.69, 9.17) is 0 Å². The number of rotatable bonds is 11. The van der Waals surface area contributed by atoms with Crippen LogP contribution in [0.15, 0.2) is 11.6 Å². The molecule has 1 amide bonds. The van der Waals surface area contributed by atoms with Crippen LogP contribution in [0.4, 0.5) is 5.13 Å². The second kappa shape index (κ2) is 10.5. The van der Waals surface area contributed by atoms with E-state index in [0.29, 0.717) is 11.6 Å². The van der Waals surface area contributed by atoms with E-state index >= 15 is 0 Å². The van der Waals surface area contributed by atoms with Crippen LogP contribution in [0.5, 0.6) is 0 Å². The highest BCUT2D eigenvalue weighted by Crippen LogP contribution is 2.12. The quantitative estimate of drug-likeness (QED) is 0.492. The van der Waals surface area contributed by atoms with Crippen LogP contribution >= 0.6 is 11.3 Å². The summed E-state index contributed by atoms with van der Waals surface area (Å²) in [5.41, 5.74) is 0. The lowest BCUT2D eigenvalue weighted by molar-refractivity contribution is -0.125. The zero-order chi connectivity index (χ0) is 14.6. The molecule has 5 heteroatoms. The van der Waals surface area contributed by atoms with Gasteiger partial charge in [-0.25, -0.2) is 4.98 Å². The fraction of sp³-hybridized carbons (Fsp3) is 0.667. The monoisotopic (exact) mass is 296 g/mol. The largest absolute Gasteiger partial charge is 0.302 e. The average Bonchev–Trinajstić information content (AvgIpc) is 2.90. The van der Waals surface area contributed by atoms with Crippen molar-refractivity contribution in [1.82, 2.24) is 4.98 Å². The number of carbonyl (C=O) groups excluding carboxylic acids is 2. The molecule has 1 N–H and O–H groups in total. The summed E-state index contributed by atoms with van der Waals surface area (Å²) in [7, 11) is 0. The SMILES string of the molecule is CCCCCCCCCC(=O)CC(=O)Nc1nccs1. The number of nitrogens with one attached hydrogen (secondary N) is 1. The van der Waals surface area contributed by atoms with E-state index in [1.165, 1.54) is 43.4 Å². The zero-order valence-corrected chi connectivity index (χ0v) is 13.0. The Balaban J connectivity index is 2.01. The Labute approximate surface area is 125 Å². The third-order valence-electron chi connectivity index (χ3n) is 3.10. The predicted octanol–water partition coefficient (Wildman–Crippen LogP) is 4.18. The van der Waals surface area contributed by atoms with E-state index in [1.54, 1.807) is 11.6 Å². The van der Waals surface area contributed by atoms with Crippen molar-refractivity contribution in [3.63, 3.8) is 0 Å². The summed E-state index contributed by atoms with van der Waals surface area (Å²) in [6.45, 7) is 2.20. The van der Waals surface area contributed by atoms with Gasteiger partial charge in [0.2, 0.25) is 5.91 Å². The number of carbonyl (C=O) groups is 2. The summed E-state index contributed by atoms with van der Waals surface area (Å²) >= 11 is 1.35. The van der Waals surface area contributed by atoms with Crippen LogP contribution in [0.3, 0.4) is 0 Å². The van der Waals surface area contributed by atoms with Crippen molar-refractivity contribution in [2.75, 3.05) is 5.32 Å². The Bertz CT molecular complexity index is 391. The van der Waals surface area contributed by atoms with Crippen molar-refractivity contribution < 1.29 is 9.59 Å². The minimum Gasteiger partial charge on any atom is -0.302 e. The van der Waals surface area contributed by atoms with Crippen molar-refractivity contribution in [1.29, 1.82) is 0 Å². The summed E-state index contributed by atoms with van der Waals surface area (Å²) in [5, 5.41) is 4.97. The first-order valence-electron chi connectivity index (χ1n) is 7.43. The van der Waals surface area contributed by atoms with Crippen molar-refractivity contribution in [2.24, 2.45) is 0 Å². The summed E-state index contributed by atoms with van der Waals surface area (Å²) in [5.74, 6) is -0.236. The van der Waals surface area contributed by atoms with Gasteiger partial charge in [0.1, 0.15) is 5.78 Å². The molecule has 0 atom stereocenters. The van der Waals surface area contributed by atoms with E-state index in [2.05, 4.69) is 17.2 Å². The van der Waals surface area contributed by atoms with Gasteiger partial charge in [-0.3, -0.25) is 9.59 Å². The first-order valence-corrected chi connectivity index (χ1v) is 8.31. The van der Waals surface area contributed by atoms with Crippen LogP contribution in [0, 0.1) is 0 Å². The number of unbranched alkanes of at least 4 members (excludes halogenated alkanes) is 6. The number of aromatic nitrogens is 1. The molecule has 0 aliphatic carbocycles. The van der Waals surface area contributed by atoms with E-state index < -0.39 is 0 Å². The molecule has 4 nitrogen and oxygen atoms in total. The molecule has 0 aliphatic rings. The molecule has 1 aromatic rings. The van der Waals surface area contributed by atoms with Crippen LogP contribution in [0.2, 0.25) is 0 Å². The van der Waals surface area contributed by atoms with Crippen LogP contribution < -0.4 is 5.32 Å². The molecule has 1 aromatic heterocycles. The number of anilines is 1. The Morgan fingerprint density at radius 1 is 1.15 bits per heavy atom. The second-order valence-electron chi connectivity index (χ2n) is 4.97. The van der Waals surface area contributed by atoms with Crippen molar-refractivity contribution >= 4 is 28.2 Å². The molecule has 1 heterocycles. The van der Waals surface area contributed by atoms with Crippen LogP contribution in [0.1, 0.15) is 64.7 Å². The fourth-order valence-electron chi connectivity index (χ4n) is 2.00. The lowest BCUT2D eigenvalue weighted by atomic mass is 10.1. The van der Waals surface area contributed by atoms with Crippen molar-refractivity contribution in [3.05, 3.63) is 11.6 Å². The molecule has 1 rings (SSSR count). The highest BCUT2D eigenvalue weighted by molar-refractivity contribution is 7.13. The van der Waals surface area contributed by atoms with E-state index in [1.807, 2.05) is 0 Å². The summed E-state index contributed by atoms with van der Waals surface area (Å²) < 4.78 is 0. The molecule has 0 spiro atoms. The zero-order valence-electron chi connectivity index (χ0n) is 12.2. The lowest BCUT2D eigenvalue weighted by Crippen LogP contribution is -2.16. The number of ketones is 1. The third kappa shape index (κ3) is 8.04. The normalized spacial score (nSPS) is 10.4. The summed E-state index contributed by atoms with van der Waals surface area (Å²) in [4.78, 5) is 27.2. The van der Waals surface area contributed by atoms with Gasteiger partial charge in [0.05, 0.1) is 6.42 Å². The minimum absolute atomic E-state index is 0.0209. The molecular formula is C15H24N2O2S. The summed E-state index contributed by atoms with van der Waals surface area (Å²) in [6.07, 6.45) is 10.4. The number of nitrogens with zero attached hydrogens (tertiary/aromatic N) is 1. The molecule has 0 radical (unpaired) electrons. The molecule has 0 bridgehead atoms. The van der Waals surface area contributed by atoms with Gasteiger partial charge in [-0.1, -0.05) is 45.4 Å². The predicted molar refractivity (Wildman–Crippen MR) is 83.0 cm³/mol. The van der Waals surface area contributed by atoms with E-state index in [9.17, 15) is 9.59 Å². The van der Waals surface area contributed by atoms with Gasteiger partial charge >= 0.3 is 0 Å². The highest BCUT2D eigenvalue weighted by atomic mass is 32.1. The van der Waals surface area contributed by atoms with E-state index in [-0.39, 0.29) is 18.1 Å². The maximum Gasteiger partial charge on any atom is 0.233 e. The van der Waals surface area contributed by atoms with Crippen LogP contribution in [-0.4, -0.2) is 16.7 Å². The third-order valence-corrected chi connectivity index (χ3v) is 3.78. The van der Waals surface area contributed by atoms with Gasteiger partial charge in [-0.05, 0) is 6.42 Å². The van der Waals surface area contributed by atoms with Crippen molar-refractivity contribution in [2.45, 2.75) is 64.7 Å². The van der Waals surface area contributed by atoms with Crippen molar-refractivity contribution in [3.8, 4) is 0 Å². The Hall–Kier alpha value is -1.23. The van der Waals surface area contributed by atoms with E-state index in [0.717, 1.165) is 12.8 Å². The average molecular weight is 296 g/mol. The molecule has 0 aromatic carbocycles. The van der Waals surface area contributed by atoms with Crippen LogP contribution in [-0.2, 0) is 9.59 Å². The van der Waals surface area contributed by atoms with Crippen LogP contribution in [0.25, 0.3) is 0 Å². The van der Waals surface area contributed by atoms with Gasteiger partial charge in [-0.2, -0.15) is 0 Å². The minimum atomic E-state index is -0.257. The van der Waals surface area contributed by atoms with Gasteiger partial charge in [0, 0.05) is 18.0 Å². The van der Waals surface area contributed by atoms with Gasteiger partial charge in [0.25, 0.3) is 0 Å². The fourth-order valence-corrected chi connectivity index (χ4v) is 2.54. The molecule has 0 unspecified atom stereocenters. The maximum absolute atomic E-state index is 11.6. The highest BCUT2D eigenvalue weighted by Gasteiger charge is 2.10. The van der Waals surface area contributed by atoms with Gasteiger partial charge in [0.15, 0.2) is 5.13 Å². The standard InChI is InChI=1S/C15H24N2O2S/c1-2-3-4-5-6-7-8-9-13(18)12-14(19)17-15-16-10-11-20-15/h10-11H,2-9,12H2,1H3,(H,16,17,19).